The van der Waals surface area contributed by atoms with Gasteiger partial charge in [0.15, 0.2) is 0 Å². The Labute approximate surface area is 243 Å². The number of nitrogens with zero attached hydrogens (tertiary/aromatic N) is 5. The van der Waals surface area contributed by atoms with Crippen molar-refractivity contribution < 1.29 is 13.9 Å². The summed E-state index contributed by atoms with van der Waals surface area (Å²) in [5.41, 5.74) is 7.09. The first kappa shape index (κ1) is 26.7. The van der Waals surface area contributed by atoms with E-state index < -0.39 is 5.97 Å². The van der Waals surface area contributed by atoms with Gasteiger partial charge in [-0.1, -0.05) is 42.5 Å². The largest absolute Gasteiger partial charge is 0.462 e. The second-order valence-electron chi connectivity index (χ2n) is 9.81. The average Bonchev–Trinajstić information content (AvgIpc) is 3.43. The summed E-state index contributed by atoms with van der Waals surface area (Å²) in [4.78, 5) is 30.8. The van der Waals surface area contributed by atoms with Crippen molar-refractivity contribution in [2.24, 2.45) is 0 Å². The predicted molar refractivity (Wildman–Crippen MR) is 167 cm³/mol. The molecule has 8 nitrogen and oxygen atoms in total. The number of aromatic nitrogens is 3. The number of hydrogen-bond donors (Lipinski definition) is 0. The lowest BCUT2D eigenvalue weighted by molar-refractivity contribution is -0.136. The van der Waals surface area contributed by atoms with Crippen molar-refractivity contribution in [1.29, 1.82) is 0 Å². The van der Waals surface area contributed by atoms with E-state index in [1.807, 2.05) is 80.8 Å². The monoisotopic (exact) mass is 555 g/mol. The molecule has 0 spiro atoms. The Morgan fingerprint density at radius 3 is 1.95 bits per heavy atom. The van der Waals surface area contributed by atoms with Crippen LogP contribution in [0.1, 0.15) is 18.4 Å². The Bertz CT molecular complexity index is 1830. The summed E-state index contributed by atoms with van der Waals surface area (Å²) in [5, 5.41) is 0. The van der Waals surface area contributed by atoms with Crippen LogP contribution in [-0.2, 0) is 9.53 Å². The summed E-state index contributed by atoms with van der Waals surface area (Å²) >= 11 is 0. The van der Waals surface area contributed by atoms with Crippen LogP contribution < -0.4 is 9.80 Å². The maximum Gasteiger partial charge on any atom is 0.343 e. The summed E-state index contributed by atoms with van der Waals surface area (Å²) in [7, 11) is 4.05. The highest BCUT2D eigenvalue weighted by molar-refractivity contribution is 6.20. The molecular weight excluding hydrogens is 526 g/mol. The number of para-hydroxylation sites is 3. The van der Waals surface area contributed by atoms with E-state index in [1.54, 1.807) is 13.0 Å². The summed E-state index contributed by atoms with van der Waals surface area (Å²) in [5.74, 6) is -0.431. The van der Waals surface area contributed by atoms with Gasteiger partial charge in [0.2, 0.25) is 11.5 Å². The summed E-state index contributed by atoms with van der Waals surface area (Å²) in [6.45, 7) is 1.98. The molecule has 0 saturated heterocycles. The van der Waals surface area contributed by atoms with Gasteiger partial charge in [-0.15, -0.1) is 0 Å². The van der Waals surface area contributed by atoms with E-state index in [0.29, 0.717) is 16.7 Å². The lowest BCUT2D eigenvalue weighted by Gasteiger charge is -2.26. The van der Waals surface area contributed by atoms with Crippen molar-refractivity contribution in [2.75, 3.05) is 30.5 Å². The Balaban J connectivity index is 1.38. The smallest absolute Gasteiger partial charge is 0.343 e. The van der Waals surface area contributed by atoms with E-state index in [2.05, 4.69) is 61.1 Å². The first-order chi connectivity index (χ1) is 20.5. The highest BCUT2D eigenvalue weighted by atomic mass is 16.5. The summed E-state index contributed by atoms with van der Waals surface area (Å²) in [6.07, 6.45) is 1.71. The van der Waals surface area contributed by atoms with E-state index in [0.717, 1.165) is 28.3 Å². The maximum absolute atomic E-state index is 13.0. The first-order valence-electron chi connectivity index (χ1n) is 13.7. The third kappa shape index (κ3) is 5.42. The molecule has 0 atom stereocenters. The molecule has 4 aromatic carbocycles. The number of anilines is 4. The van der Waals surface area contributed by atoms with Crippen LogP contribution in [0.5, 0.6) is 0 Å². The van der Waals surface area contributed by atoms with Crippen molar-refractivity contribution in [1.82, 2.24) is 15.0 Å². The van der Waals surface area contributed by atoms with Crippen molar-refractivity contribution in [3.63, 3.8) is 0 Å². The number of fused-ring (bicyclic) bond motifs is 2. The van der Waals surface area contributed by atoms with Crippen LogP contribution in [0.3, 0.4) is 0 Å². The fraction of sp³-hybridized carbons (Fsp3) is 0.118. The molecule has 208 valence electrons. The van der Waals surface area contributed by atoms with Gasteiger partial charge in [-0.2, -0.15) is 4.98 Å². The van der Waals surface area contributed by atoms with E-state index in [4.69, 9.17) is 9.15 Å². The molecule has 0 aliphatic heterocycles. The normalized spacial score (nSPS) is 11.5. The molecule has 6 aromatic rings. The van der Waals surface area contributed by atoms with Gasteiger partial charge in [0.05, 0.1) is 17.6 Å². The van der Waals surface area contributed by atoms with E-state index in [-0.39, 0.29) is 23.8 Å². The number of esters is 1. The van der Waals surface area contributed by atoms with Gasteiger partial charge in [0.25, 0.3) is 5.71 Å². The second-order valence-corrected chi connectivity index (χ2v) is 9.81. The van der Waals surface area contributed by atoms with E-state index in [9.17, 15) is 4.79 Å². The minimum absolute atomic E-state index is 0.106. The predicted octanol–water partition coefficient (Wildman–Crippen LogP) is 7.41. The number of rotatable bonds is 8. The van der Waals surface area contributed by atoms with Crippen molar-refractivity contribution >= 4 is 62.8 Å². The first-order valence-corrected chi connectivity index (χ1v) is 13.7. The third-order valence-corrected chi connectivity index (χ3v) is 6.75. The number of carbonyl (C=O) groups is 1. The minimum Gasteiger partial charge on any atom is -0.462 e. The molecular formula is C34H29N5O3. The van der Waals surface area contributed by atoms with Crippen molar-refractivity contribution in [2.45, 2.75) is 6.92 Å². The number of benzene rings is 4. The Kier molecular flexibility index (Phi) is 7.34. The quantitative estimate of drug-likeness (QED) is 0.142. The van der Waals surface area contributed by atoms with Gasteiger partial charge in [-0.3, -0.25) is 0 Å². The standard InChI is InChI=1S/C34H29N5O3/c1-4-41-34(40)28(32-37-31-33(42-32)36-30-13-9-8-12-29(30)35-31)22-23-14-16-26(17-15-23)39(25-10-6-5-7-11-25)27-20-18-24(19-21-27)38(2)3/h5-22H,4H2,1-3H3/b28-22-. The van der Waals surface area contributed by atoms with Gasteiger partial charge >= 0.3 is 5.97 Å². The highest BCUT2D eigenvalue weighted by Crippen LogP contribution is 2.35. The highest BCUT2D eigenvalue weighted by Gasteiger charge is 2.22. The molecule has 0 unspecified atom stereocenters. The number of hydrogen-bond acceptors (Lipinski definition) is 8. The zero-order valence-corrected chi connectivity index (χ0v) is 23.6. The lowest BCUT2D eigenvalue weighted by atomic mass is 10.1. The minimum atomic E-state index is -0.537. The fourth-order valence-corrected chi connectivity index (χ4v) is 4.67. The van der Waals surface area contributed by atoms with E-state index >= 15 is 0 Å². The Morgan fingerprint density at radius 1 is 0.738 bits per heavy atom. The Hall–Kier alpha value is -5.50. The lowest BCUT2D eigenvalue weighted by Crippen LogP contribution is -2.11. The molecule has 2 heterocycles. The van der Waals surface area contributed by atoms with Crippen LogP contribution in [0.4, 0.5) is 22.7 Å². The molecule has 0 amide bonds. The van der Waals surface area contributed by atoms with Gasteiger partial charge < -0.3 is 19.0 Å². The van der Waals surface area contributed by atoms with Gasteiger partial charge in [-0.05, 0) is 79.2 Å². The molecule has 0 N–H and O–H groups in total. The molecule has 0 fully saturated rings. The zero-order chi connectivity index (χ0) is 29.1. The maximum atomic E-state index is 13.0. The fourth-order valence-electron chi connectivity index (χ4n) is 4.67. The van der Waals surface area contributed by atoms with E-state index in [1.165, 1.54) is 0 Å². The molecule has 0 radical (unpaired) electrons. The zero-order valence-electron chi connectivity index (χ0n) is 23.6. The van der Waals surface area contributed by atoms with Gasteiger partial charge in [-0.25, -0.2) is 14.8 Å². The Morgan fingerprint density at radius 2 is 1.31 bits per heavy atom. The molecule has 6 rings (SSSR count). The molecule has 0 saturated carbocycles. The van der Waals surface area contributed by atoms with Crippen molar-refractivity contribution in [3.8, 4) is 0 Å². The number of carbonyl (C=O) groups excluding carboxylic acids is 1. The average molecular weight is 556 g/mol. The van der Waals surface area contributed by atoms with Crippen LogP contribution in [0.25, 0.3) is 34.0 Å². The van der Waals surface area contributed by atoms with Gasteiger partial charge in [0.1, 0.15) is 5.57 Å². The molecule has 0 aliphatic rings. The molecule has 0 aliphatic carbocycles. The van der Waals surface area contributed by atoms with Crippen LogP contribution in [0, 0.1) is 0 Å². The molecule has 2 aromatic heterocycles. The second kappa shape index (κ2) is 11.5. The van der Waals surface area contributed by atoms with Crippen LogP contribution in [0.15, 0.2) is 108 Å². The number of ether oxygens (including phenoxy) is 1. The number of oxazole rings is 1. The molecule has 42 heavy (non-hydrogen) atoms. The molecule has 8 heteroatoms. The summed E-state index contributed by atoms with van der Waals surface area (Å²) in [6, 6.07) is 34.0. The SMILES string of the molecule is CCOC(=O)/C(=C\c1ccc(N(c2ccccc2)c2ccc(N(C)C)cc2)cc1)c1nc2nc3ccccc3nc2o1. The molecule has 0 bridgehead atoms. The van der Waals surface area contributed by atoms with Gasteiger partial charge in [0, 0.05) is 36.8 Å². The third-order valence-electron chi connectivity index (χ3n) is 6.75. The van der Waals surface area contributed by atoms with Crippen LogP contribution in [-0.4, -0.2) is 41.6 Å². The van der Waals surface area contributed by atoms with Crippen LogP contribution >= 0.6 is 0 Å². The topological polar surface area (TPSA) is 84.6 Å². The van der Waals surface area contributed by atoms with Crippen molar-refractivity contribution in [3.05, 3.63) is 115 Å². The summed E-state index contributed by atoms with van der Waals surface area (Å²) < 4.78 is 11.3. The van der Waals surface area contributed by atoms with Crippen LogP contribution in [0.2, 0.25) is 0 Å².